The van der Waals surface area contributed by atoms with Crippen molar-refractivity contribution in [2.45, 2.75) is 44.7 Å². The summed E-state index contributed by atoms with van der Waals surface area (Å²) in [5.41, 5.74) is 3.02. The Labute approximate surface area is 203 Å². The predicted octanol–water partition coefficient (Wildman–Crippen LogP) is 2.84. The number of nitrogens with one attached hydrogen (secondary N) is 3. The standard InChI is InChI=1S/C25H31N5O5/c1-15(31)29-16-4-6-17(7-5-16)30-25(32)20-13-26-24-22(27-14-28-23(20)24)19-9-8-18(34-3)12-21(19)35-11-10-33-2/h8-9,12-14,16-17,26H,4-7,10-11H2,1-3H3,(H,29,31)(H,30,32)/t16-,17-. The van der Waals surface area contributed by atoms with Gasteiger partial charge in [0.15, 0.2) is 0 Å². The number of methoxy groups -OCH3 is 2. The average molecular weight is 482 g/mol. The first-order valence-corrected chi connectivity index (χ1v) is 11.7. The molecule has 0 unspecified atom stereocenters. The van der Waals surface area contributed by atoms with Crippen LogP contribution in [0.4, 0.5) is 0 Å². The highest BCUT2D eigenvalue weighted by atomic mass is 16.5. The van der Waals surface area contributed by atoms with Gasteiger partial charge in [-0.3, -0.25) is 9.59 Å². The number of benzene rings is 1. The number of aromatic amines is 1. The molecule has 1 aliphatic carbocycles. The van der Waals surface area contributed by atoms with Gasteiger partial charge < -0.3 is 29.8 Å². The summed E-state index contributed by atoms with van der Waals surface area (Å²) in [6.45, 7) is 2.34. The van der Waals surface area contributed by atoms with Gasteiger partial charge in [0.25, 0.3) is 5.91 Å². The number of rotatable bonds is 9. The second-order valence-electron chi connectivity index (χ2n) is 8.57. The van der Waals surface area contributed by atoms with Gasteiger partial charge in [-0.1, -0.05) is 0 Å². The smallest absolute Gasteiger partial charge is 0.255 e. The van der Waals surface area contributed by atoms with Crippen LogP contribution in [0, 0.1) is 0 Å². The fourth-order valence-corrected chi connectivity index (χ4v) is 4.43. The molecule has 10 nitrogen and oxygen atoms in total. The first-order chi connectivity index (χ1) is 17.0. The van der Waals surface area contributed by atoms with E-state index in [0.29, 0.717) is 47.0 Å². The molecule has 3 N–H and O–H groups in total. The van der Waals surface area contributed by atoms with Gasteiger partial charge in [0.05, 0.1) is 24.8 Å². The van der Waals surface area contributed by atoms with Crippen molar-refractivity contribution in [1.29, 1.82) is 0 Å². The Morgan fingerprint density at radius 3 is 2.49 bits per heavy atom. The van der Waals surface area contributed by atoms with Gasteiger partial charge in [-0.05, 0) is 37.8 Å². The molecule has 0 spiro atoms. The van der Waals surface area contributed by atoms with Crippen molar-refractivity contribution in [3.8, 4) is 22.8 Å². The zero-order valence-corrected chi connectivity index (χ0v) is 20.2. The third-order valence-corrected chi connectivity index (χ3v) is 6.17. The van der Waals surface area contributed by atoms with E-state index in [1.165, 1.54) is 13.3 Å². The number of ether oxygens (including phenoxy) is 3. The van der Waals surface area contributed by atoms with E-state index in [1.807, 2.05) is 12.1 Å². The predicted molar refractivity (Wildman–Crippen MR) is 131 cm³/mol. The minimum atomic E-state index is -0.185. The minimum Gasteiger partial charge on any atom is -0.497 e. The Balaban J connectivity index is 1.55. The Bertz CT molecular complexity index is 1190. The van der Waals surface area contributed by atoms with Gasteiger partial charge in [-0.25, -0.2) is 9.97 Å². The molecule has 1 fully saturated rings. The highest BCUT2D eigenvalue weighted by Crippen LogP contribution is 2.36. The summed E-state index contributed by atoms with van der Waals surface area (Å²) in [4.78, 5) is 36.4. The number of carbonyl (C=O) groups excluding carboxylic acids is 2. The molecule has 0 aliphatic heterocycles. The molecule has 3 aromatic rings. The molecule has 35 heavy (non-hydrogen) atoms. The lowest BCUT2D eigenvalue weighted by Gasteiger charge is -2.29. The maximum atomic E-state index is 13.1. The van der Waals surface area contributed by atoms with Crippen LogP contribution in [0.3, 0.4) is 0 Å². The van der Waals surface area contributed by atoms with Crippen LogP contribution in [0.1, 0.15) is 43.0 Å². The molecule has 10 heteroatoms. The Kier molecular flexibility index (Phi) is 7.81. The molecule has 1 saturated carbocycles. The number of H-pyrrole nitrogens is 1. The van der Waals surface area contributed by atoms with Gasteiger partial charge in [-0.15, -0.1) is 0 Å². The zero-order valence-electron chi connectivity index (χ0n) is 20.2. The average Bonchev–Trinajstić information content (AvgIpc) is 3.30. The van der Waals surface area contributed by atoms with E-state index < -0.39 is 0 Å². The molecule has 2 aromatic heterocycles. The second kappa shape index (κ2) is 11.2. The largest absolute Gasteiger partial charge is 0.497 e. The summed E-state index contributed by atoms with van der Waals surface area (Å²) in [5.74, 6) is 1.05. The number of carbonyl (C=O) groups is 2. The van der Waals surface area contributed by atoms with Crippen molar-refractivity contribution < 1.29 is 23.8 Å². The normalized spacial score (nSPS) is 17.7. The minimum absolute atomic E-state index is 0.0177. The SMILES string of the molecule is COCCOc1cc(OC)ccc1-c1ncnc2c(C(=O)N[C@H]3CC[C@H](NC(C)=O)CC3)c[nH]c12. The van der Waals surface area contributed by atoms with E-state index in [2.05, 4.69) is 25.6 Å². The van der Waals surface area contributed by atoms with Crippen molar-refractivity contribution >= 4 is 22.8 Å². The van der Waals surface area contributed by atoms with Crippen LogP contribution in [0.5, 0.6) is 11.5 Å². The Hall–Kier alpha value is -3.66. The van der Waals surface area contributed by atoms with Crippen LogP contribution >= 0.6 is 0 Å². The molecule has 2 heterocycles. The lowest BCUT2D eigenvalue weighted by molar-refractivity contribution is -0.119. The third-order valence-electron chi connectivity index (χ3n) is 6.17. The van der Waals surface area contributed by atoms with Gasteiger partial charge in [0.1, 0.15) is 35.6 Å². The van der Waals surface area contributed by atoms with Gasteiger partial charge >= 0.3 is 0 Å². The number of hydrogen-bond donors (Lipinski definition) is 3. The first-order valence-electron chi connectivity index (χ1n) is 11.7. The second-order valence-corrected chi connectivity index (χ2v) is 8.57. The third kappa shape index (κ3) is 5.71. The summed E-state index contributed by atoms with van der Waals surface area (Å²) in [7, 11) is 3.21. The van der Waals surface area contributed by atoms with Crippen LogP contribution in [0.25, 0.3) is 22.3 Å². The summed E-state index contributed by atoms with van der Waals surface area (Å²) in [6.07, 6.45) is 6.42. The Morgan fingerprint density at radius 2 is 1.80 bits per heavy atom. The highest BCUT2D eigenvalue weighted by Gasteiger charge is 2.25. The molecule has 2 amide bonds. The fourth-order valence-electron chi connectivity index (χ4n) is 4.43. The van der Waals surface area contributed by atoms with Gasteiger partial charge in [-0.2, -0.15) is 0 Å². The number of fused-ring (bicyclic) bond motifs is 1. The van der Waals surface area contributed by atoms with Crippen molar-refractivity contribution in [1.82, 2.24) is 25.6 Å². The van der Waals surface area contributed by atoms with E-state index in [4.69, 9.17) is 14.2 Å². The van der Waals surface area contributed by atoms with Gasteiger partial charge in [0, 0.05) is 43.9 Å². The number of hydrogen-bond acceptors (Lipinski definition) is 7. The molecule has 0 atom stereocenters. The summed E-state index contributed by atoms with van der Waals surface area (Å²) in [6, 6.07) is 5.74. The molecule has 4 rings (SSSR count). The first kappa shape index (κ1) is 24.5. The number of nitrogens with zero attached hydrogens (tertiary/aromatic N) is 2. The molecule has 0 radical (unpaired) electrons. The lowest BCUT2D eigenvalue weighted by Crippen LogP contribution is -2.43. The lowest BCUT2D eigenvalue weighted by atomic mass is 9.91. The van der Waals surface area contributed by atoms with Crippen molar-refractivity contribution in [2.75, 3.05) is 27.4 Å². The van der Waals surface area contributed by atoms with Crippen molar-refractivity contribution in [3.05, 3.63) is 36.3 Å². The molecule has 0 bridgehead atoms. The van der Waals surface area contributed by atoms with E-state index >= 15 is 0 Å². The van der Waals surface area contributed by atoms with E-state index in [0.717, 1.165) is 31.2 Å². The number of amides is 2. The van der Waals surface area contributed by atoms with E-state index in [9.17, 15) is 9.59 Å². The maximum absolute atomic E-state index is 13.1. The molecular formula is C25H31N5O5. The monoisotopic (exact) mass is 481 g/mol. The molecular weight excluding hydrogens is 450 g/mol. The molecule has 1 aromatic carbocycles. The van der Waals surface area contributed by atoms with Crippen molar-refractivity contribution in [3.63, 3.8) is 0 Å². The molecule has 1 aliphatic rings. The Morgan fingerprint density at radius 1 is 1.06 bits per heavy atom. The zero-order chi connectivity index (χ0) is 24.8. The van der Waals surface area contributed by atoms with E-state index in [1.54, 1.807) is 26.5 Å². The molecule has 186 valence electrons. The van der Waals surface area contributed by atoms with Crippen LogP contribution in [0.15, 0.2) is 30.7 Å². The fraction of sp³-hybridized carbons (Fsp3) is 0.440. The summed E-state index contributed by atoms with van der Waals surface area (Å²) < 4.78 is 16.4. The quantitative estimate of drug-likeness (QED) is 0.401. The summed E-state index contributed by atoms with van der Waals surface area (Å²) in [5, 5.41) is 6.08. The highest BCUT2D eigenvalue weighted by molar-refractivity contribution is 6.08. The van der Waals surface area contributed by atoms with Crippen LogP contribution in [-0.4, -0.2) is 66.3 Å². The maximum Gasteiger partial charge on any atom is 0.255 e. The number of aromatic nitrogens is 3. The van der Waals surface area contributed by atoms with Gasteiger partial charge in [0.2, 0.25) is 5.91 Å². The van der Waals surface area contributed by atoms with Crippen LogP contribution in [0.2, 0.25) is 0 Å². The molecule has 0 saturated heterocycles. The summed E-state index contributed by atoms with van der Waals surface area (Å²) >= 11 is 0. The van der Waals surface area contributed by atoms with E-state index in [-0.39, 0.29) is 23.9 Å². The van der Waals surface area contributed by atoms with Crippen molar-refractivity contribution in [2.24, 2.45) is 0 Å². The topological polar surface area (TPSA) is 127 Å². The van der Waals surface area contributed by atoms with Crippen LogP contribution in [-0.2, 0) is 9.53 Å². The van der Waals surface area contributed by atoms with Crippen LogP contribution < -0.4 is 20.1 Å².